The van der Waals surface area contributed by atoms with E-state index in [2.05, 4.69) is 4.99 Å². The number of amidine groups is 1. The zero-order valence-corrected chi connectivity index (χ0v) is 18.4. The second-order valence-electron chi connectivity index (χ2n) is 7.43. The maximum absolute atomic E-state index is 13.2. The summed E-state index contributed by atoms with van der Waals surface area (Å²) in [4.78, 5) is 18.8. The lowest BCUT2D eigenvalue weighted by Gasteiger charge is -2.24. The van der Waals surface area contributed by atoms with Crippen LogP contribution in [0.4, 0.5) is 4.39 Å². The number of benzene rings is 2. The predicted octanol–water partition coefficient (Wildman–Crippen LogP) is 3.36. The highest BCUT2D eigenvalue weighted by Gasteiger charge is 2.48. The summed E-state index contributed by atoms with van der Waals surface area (Å²) in [7, 11) is -3.10. The molecule has 1 amide bonds. The fourth-order valence-electron chi connectivity index (χ4n) is 3.75. The minimum Gasteiger partial charge on any atom is -0.346 e. The van der Waals surface area contributed by atoms with Gasteiger partial charge in [0.15, 0.2) is 15.0 Å². The third-order valence-electron chi connectivity index (χ3n) is 5.25. The van der Waals surface area contributed by atoms with Crippen LogP contribution in [0.2, 0.25) is 5.02 Å². The quantitative estimate of drug-likeness (QED) is 0.676. The molecular weight excluding hydrogens is 447 g/mol. The topological polar surface area (TPSA) is 66.8 Å². The smallest absolute Gasteiger partial charge is 0.252 e. The van der Waals surface area contributed by atoms with Crippen molar-refractivity contribution in [2.75, 3.05) is 18.1 Å². The van der Waals surface area contributed by atoms with Crippen molar-refractivity contribution >= 4 is 44.3 Å². The number of carbonyl (C=O) groups excluding carboxylic acids is 1. The maximum atomic E-state index is 13.2. The Labute approximate surface area is 184 Å². The van der Waals surface area contributed by atoms with Crippen LogP contribution < -0.4 is 0 Å². The summed E-state index contributed by atoms with van der Waals surface area (Å²) in [6, 6.07) is 13.2. The lowest BCUT2D eigenvalue weighted by molar-refractivity contribution is -0.117. The number of halogens is 2. The van der Waals surface area contributed by atoms with Crippen molar-refractivity contribution in [3.63, 3.8) is 0 Å². The molecule has 0 aliphatic carbocycles. The van der Waals surface area contributed by atoms with Gasteiger partial charge >= 0.3 is 0 Å². The molecule has 2 saturated heterocycles. The second kappa shape index (κ2) is 8.69. The van der Waals surface area contributed by atoms with E-state index in [0.29, 0.717) is 28.7 Å². The van der Waals surface area contributed by atoms with Crippen molar-refractivity contribution in [3.8, 4) is 0 Å². The molecule has 30 heavy (non-hydrogen) atoms. The lowest BCUT2D eigenvalue weighted by atomic mass is 10.1. The summed E-state index contributed by atoms with van der Waals surface area (Å²) in [5.74, 6) is -0.469. The highest BCUT2D eigenvalue weighted by molar-refractivity contribution is 8.15. The van der Waals surface area contributed by atoms with Crippen molar-refractivity contribution < 1.29 is 17.6 Å². The molecule has 2 fully saturated rings. The number of carbonyl (C=O) groups is 1. The summed E-state index contributed by atoms with van der Waals surface area (Å²) >= 11 is 7.50. The predicted molar refractivity (Wildman–Crippen MR) is 118 cm³/mol. The largest absolute Gasteiger partial charge is 0.346 e. The average Bonchev–Trinajstić information content (AvgIpc) is 3.14. The summed E-state index contributed by atoms with van der Waals surface area (Å²) in [5.41, 5.74) is 1.64. The number of nitrogens with zero attached hydrogens (tertiary/aromatic N) is 2. The molecule has 158 valence electrons. The molecule has 2 aromatic carbocycles. The van der Waals surface area contributed by atoms with E-state index >= 15 is 0 Å². The number of hydrogen-bond donors (Lipinski definition) is 0. The molecule has 2 aromatic rings. The Hall–Kier alpha value is -1.90. The Bertz CT molecular complexity index is 1090. The molecular formula is C21H20ClFN2O3S2. The molecule has 4 rings (SSSR count). The van der Waals surface area contributed by atoms with E-state index in [1.54, 1.807) is 30.3 Å². The van der Waals surface area contributed by atoms with Gasteiger partial charge in [-0.3, -0.25) is 4.79 Å². The van der Waals surface area contributed by atoms with E-state index in [9.17, 15) is 17.6 Å². The summed E-state index contributed by atoms with van der Waals surface area (Å²) in [6.45, 7) is 0.507. The molecule has 2 aliphatic rings. The molecule has 0 aromatic heterocycles. The van der Waals surface area contributed by atoms with Gasteiger partial charge in [-0.2, -0.15) is 4.99 Å². The van der Waals surface area contributed by atoms with E-state index in [1.807, 2.05) is 11.0 Å². The number of thioether (sulfide) groups is 1. The van der Waals surface area contributed by atoms with Crippen LogP contribution in [0.1, 0.15) is 11.1 Å². The van der Waals surface area contributed by atoms with Gasteiger partial charge in [0.2, 0.25) is 0 Å². The van der Waals surface area contributed by atoms with E-state index in [0.717, 1.165) is 5.56 Å². The molecule has 0 bridgehead atoms. The minimum atomic E-state index is -3.10. The number of rotatable bonds is 5. The second-order valence-corrected chi connectivity index (χ2v) is 11.2. The normalized spacial score (nSPS) is 23.7. The zero-order chi connectivity index (χ0) is 21.3. The Balaban J connectivity index is 1.52. The first-order valence-corrected chi connectivity index (χ1v) is 12.6. The minimum absolute atomic E-state index is 0.0613. The highest BCUT2D eigenvalue weighted by atomic mass is 35.5. The van der Waals surface area contributed by atoms with Crippen LogP contribution in [0, 0.1) is 5.82 Å². The third-order valence-corrected chi connectivity index (χ3v) is 8.87. The van der Waals surface area contributed by atoms with E-state index < -0.39 is 9.84 Å². The lowest BCUT2D eigenvalue weighted by Crippen LogP contribution is -2.39. The van der Waals surface area contributed by atoms with Gasteiger partial charge in [-0.1, -0.05) is 53.7 Å². The van der Waals surface area contributed by atoms with Gasteiger partial charge in [-0.25, -0.2) is 12.8 Å². The number of aliphatic imine (C=N–C) groups is 1. The molecule has 9 heteroatoms. The van der Waals surface area contributed by atoms with Gasteiger partial charge in [0, 0.05) is 16.8 Å². The van der Waals surface area contributed by atoms with Gasteiger partial charge in [0.25, 0.3) is 5.91 Å². The van der Waals surface area contributed by atoms with Gasteiger partial charge in [0.05, 0.1) is 24.0 Å². The van der Waals surface area contributed by atoms with Crippen LogP contribution in [0.15, 0.2) is 53.5 Å². The standard InChI is InChI=1S/C21H20ClFN2O3S2/c22-17-4-2-1-3-15(17)11-20(26)24-21-25(10-9-14-5-7-16(23)8-6-14)18-12-30(27,28)13-19(18)29-21/h1-8,18-19H,9-13H2/t18-,19+/m1/s1. The van der Waals surface area contributed by atoms with Crippen molar-refractivity contribution in [3.05, 3.63) is 70.5 Å². The number of amides is 1. The summed E-state index contributed by atoms with van der Waals surface area (Å²) in [6.07, 6.45) is 0.686. The number of sulfone groups is 1. The van der Waals surface area contributed by atoms with Crippen molar-refractivity contribution in [2.45, 2.75) is 24.1 Å². The molecule has 2 atom stereocenters. The van der Waals surface area contributed by atoms with Crippen LogP contribution in [0.5, 0.6) is 0 Å². The van der Waals surface area contributed by atoms with Crippen molar-refractivity contribution in [1.82, 2.24) is 4.90 Å². The fourth-order valence-corrected chi connectivity index (χ4v) is 7.95. The van der Waals surface area contributed by atoms with Crippen molar-refractivity contribution in [2.24, 2.45) is 4.99 Å². The molecule has 5 nitrogen and oxygen atoms in total. The zero-order valence-electron chi connectivity index (χ0n) is 16.0. The number of fused-ring (bicyclic) bond motifs is 1. The molecule has 0 N–H and O–H groups in total. The summed E-state index contributed by atoms with van der Waals surface area (Å²) in [5, 5.41) is 0.940. The van der Waals surface area contributed by atoms with Crippen LogP contribution in [-0.4, -0.2) is 53.7 Å². The van der Waals surface area contributed by atoms with Crippen molar-refractivity contribution in [1.29, 1.82) is 0 Å². The van der Waals surface area contributed by atoms with Crippen LogP contribution >= 0.6 is 23.4 Å². The first kappa shape index (κ1) is 21.3. The molecule has 2 aliphatic heterocycles. The molecule has 0 spiro atoms. The first-order chi connectivity index (χ1) is 14.3. The van der Waals surface area contributed by atoms with Gasteiger partial charge in [-0.05, 0) is 35.7 Å². The molecule has 0 saturated carbocycles. The molecule has 2 heterocycles. The Morgan fingerprint density at radius 3 is 2.63 bits per heavy atom. The van der Waals surface area contributed by atoms with Gasteiger partial charge in [-0.15, -0.1) is 0 Å². The summed E-state index contributed by atoms with van der Waals surface area (Å²) < 4.78 is 37.4. The maximum Gasteiger partial charge on any atom is 0.252 e. The highest BCUT2D eigenvalue weighted by Crippen LogP contribution is 2.38. The van der Waals surface area contributed by atoms with Crippen LogP contribution in [-0.2, 0) is 27.5 Å². The SMILES string of the molecule is O=C(Cc1ccccc1Cl)N=C1S[C@H]2CS(=O)(=O)C[C@H]2N1CCc1ccc(F)cc1. The fraction of sp³-hybridized carbons (Fsp3) is 0.333. The van der Waals surface area contributed by atoms with Crippen LogP contribution in [0.3, 0.4) is 0 Å². The van der Waals surface area contributed by atoms with Gasteiger partial charge < -0.3 is 4.90 Å². The average molecular weight is 467 g/mol. The number of hydrogen-bond acceptors (Lipinski definition) is 4. The van der Waals surface area contributed by atoms with Crippen LogP contribution in [0.25, 0.3) is 0 Å². The Morgan fingerprint density at radius 1 is 1.17 bits per heavy atom. The molecule has 0 radical (unpaired) electrons. The third kappa shape index (κ3) is 4.87. The van der Waals surface area contributed by atoms with Gasteiger partial charge in [0.1, 0.15) is 5.82 Å². The Morgan fingerprint density at radius 2 is 1.90 bits per heavy atom. The van der Waals surface area contributed by atoms with E-state index in [-0.39, 0.29) is 40.9 Å². The first-order valence-electron chi connectivity index (χ1n) is 9.54. The van der Waals surface area contributed by atoms with E-state index in [4.69, 9.17) is 11.6 Å². The Kier molecular flexibility index (Phi) is 6.18. The molecule has 0 unspecified atom stereocenters. The monoisotopic (exact) mass is 466 g/mol. The van der Waals surface area contributed by atoms with E-state index in [1.165, 1.54) is 23.9 Å².